The lowest BCUT2D eigenvalue weighted by Crippen LogP contribution is -2.42. The Hall–Kier alpha value is -1.93. The number of nitrogens with zero attached hydrogens (tertiary/aromatic N) is 2. The first-order chi connectivity index (χ1) is 12.6. The molecule has 0 bridgehead atoms. The fourth-order valence-corrected chi connectivity index (χ4v) is 4.90. The number of hydrogen-bond donors (Lipinski definition) is 1. The van der Waals surface area contributed by atoms with Crippen LogP contribution in [0.5, 0.6) is 0 Å². The van der Waals surface area contributed by atoms with E-state index in [2.05, 4.69) is 5.32 Å². The largest absolute Gasteiger partial charge is 0.352 e. The van der Waals surface area contributed by atoms with Crippen LogP contribution in [0.2, 0.25) is 0 Å². The Morgan fingerprint density at radius 2 is 1.96 bits per heavy atom. The minimum absolute atomic E-state index is 0.0422. The van der Waals surface area contributed by atoms with Gasteiger partial charge < -0.3 is 10.2 Å². The summed E-state index contributed by atoms with van der Waals surface area (Å²) >= 11 is 0. The van der Waals surface area contributed by atoms with E-state index in [0.29, 0.717) is 17.7 Å². The van der Waals surface area contributed by atoms with Gasteiger partial charge in [-0.3, -0.25) is 9.59 Å². The zero-order valence-electron chi connectivity index (χ0n) is 16.5. The van der Waals surface area contributed by atoms with Crippen LogP contribution in [0.1, 0.15) is 48.5 Å². The van der Waals surface area contributed by atoms with Crippen molar-refractivity contribution in [2.75, 3.05) is 27.2 Å². The standard InChI is InChI=1S/C19H29N3O4S/c1-14-8-9-16(27(25,26)22-12-6-5-7-15(22)2)13-17(14)19(24)20-11-10-18(23)21(3)4/h8-9,13,15H,5-7,10-12H2,1-4H3,(H,20,24). The molecule has 1 atom stereocenters. The molecule has 2 rings (SSSR count). The molecule has 8 heteroatoms. The van der Waals surface area contributed by atoms with Crippen LogP contribution in [0.25, 0.3) is 0 Å². The van der Waals surface area contributed by atoms with E-state index in [-0.39, 0.29) is 35.7 Å². The number of amides is 2. The van der Waals surface area contributed by atoms with Crippen LogP contribution in [-0.2, 0) is 14.8 Å². The molecule has 0 aliphatic carbocycles. The van der Waals surface area contributed by atoms with Crippen LogP contribution in [0.3, 0.4) is 0 Å². The highest BCUT2D eigenvalue weighted by Gasteiger charge is 2.31. The smallest absolute Gasteiger partial charge is 0.251 e. The van der Waals surface area contributed by atoms with Crippen molar-refractivity contribution in [3.63, 3.8) is 0 Å². The lowest BCUT2D eigenvalue weighted by atomic mass is 10.1. The molecule has 1 aliphatic heterocycles. The zero-order chi connectivity index (χ0) is 20.2. The van der Waals surface area contributed by atoms with E-state index in [1.54, 1.807) is 33.2 Å². The number of carbonyl (C=O) groups is 2. The first kappa shape index (κ1) is 21.4. The summed E-state index contributed by atoms with van der Waals surface area (Å²) in [5.74, 6) is -0.453. The third-order valence-corrected chi connectivity index (χ3v) is 6.94. The van der Waals surface area contributed by atoms with Crippen molar-refractivity contribution < 1.29 is 18.0 Å². The summed E-state index contributed by atoms with van der Waals surface area (Å²) in [4.78, 5) is 25.7. The molecule has 0 spiro atoms. The fourth-order valence-electron chi connectivity index (χ4n) is 3.17. The van der Waals surface area contributed by atoms with E-state index < -0.39 is 10.0 Å². The summed E-state index contributed by atoms with van der Waals surface area (Å²) in [7, 11) is -0.323. The summed E-state index contributed by atoms with van der Waals surface area (Å²) in [6, 6.07) is 4.61. The molecule has 1 aromatic rings. The van der Waals surface area contributed by atoms with Crippen molar-refractivity contribution in [3.05, 3.63) is 29.3 Å². The van der Waals surface area contributed by atoms with E-state index in [9.17, 15) is 18.0 Å². The van der Waals surface area contributed by atoms with Crippen LogP contribution < -0.4 is 5.32 Å². The Balaban J connectivity index is 2.17. The molecule has 7 nitrogen and oxygen atoms in total. The third kappa shape index (κ3) is 5.07. The van der Waals surface area contributed by atoms with Crippen LogP contribution in [0.4, 0.5) is 0 Å². The van der Waals surface area contributed by atoms with Gasteiger partial charge in [0.05, 0.1) is 4.90 Å². The fraction of sp³-hybridized carbons (Fsp3) is 0.579. The van der Waals surface area contributed by atoms with E-state index in [0.717, 1.165) is 19.3 Å². The number of rotatable bonds is 6. The second-order valence-corrected chi connectivity index (χ2v) is 9.12. The van der Waals surface area contributed by atoms with Gasteiger partial charge in [0.15, 0.2) is 0 Å². The zero-order valence-corrected chi connectivity index (χ0v) is 17.3. The van der Waals surface area contributed by atoms with Crippen molar-refractivity contribution >= 4 is 21.8 Å². The molecule has 0 aromatic heterocycles. The number of hydrogen-bond acceptors (Lipinski definition) is 4. The molecule has 1 aliphatic rings. The number of aryl methyl sites for hydroxylation is 1. The number of nitrogens with one attached hydrogen (secondary N) is 1. The lowest BCUT2D eigenvalue weighted by Gasteiger charge is -2.32. The Morgan fingerprint density at radius 3 is 2.59 bits per heavy atom. The monoisotopic (exact) mass is 395 g/mol. The number of sulfonamides is 1. The van der Waals surface area contributed by atoms with Gasteiger partial charge in [0.25, 0.3) is 5.91 Å². The highest BCUT2D eigenvalue weighted by molar-refractivity contribution is 7.89. The van der Waals surface area contributed by atoms with Crippen molar-refractivity contribution in [2.24, 2.45) is 0 Å². The third-order valence-electron chi connectivity index (χ3n) is 4.93. The predicted octanol–water partition coefficient (Wildman–Crippen LogP) is 1.77. The SMILES string of the molecule is Cc1ccc(S(=O)(=O)N2CCCCC2C)cc1C(=O)NCCC(=O)N(C)C. The van der Waals surface area contributed by atoms with Crippen molar-refractivity contribution in [3.8, 4) is 0 Å². The lowest BCUT2D eigenvalue weighted by molar-refractivity contribution is -0.128. The van der Waals surface area contributed by atoms with E-state index in [1.165, 1.54) is 15.3 Å². The van der Waals surface area contributed by atoms with Crippen molar-refractivity contribution in [2.45, 2.75) is 50.5 Å². The first-order valence-corrected chi connectivity index (χ1v) is 10.7. The maximum absolute atomic E-state index is 13.0. The van der Waals surface area contributed by atoms with Gasteiger partial charge in [-0.1, -0.05) is 12.5 Å². The van der Waals surface area contributed by atoms with Crippen LogP contribution >= 0.6 is 0 Å². The summed E-state index contributed by atoms with van der Waals surface area (Å²) < 4.78 is 27.5. The molecular formula is C19H29N3O4S. The van der Waals surface area contributed by atoms with Crippen molar-refractivity contribution in [1.29, 1.82) is 0 Å². The van der Waals surface area contributed by atoms with E-state index in [4.69, 9.17) is 0 Å². The minimum Gasteiger partial charge on any atom is -0.352 e. The number of benzene rings is 1. The molecule has 1 unspecified atom stereocenters. The van der Waals surface area contributed by atoms with E-state index >= 15 is 0 Å². The molecule has 2 amide bonds. The molecule has 1 fully saturated rings. The second-order valence-electron chi connectivity index (χ2n) is 7.23. The van der Waals surface area contributed by atoms with Gasteiger partial charge in [-0.05, 0) is 44.4 Å². The predicted molar refractivity (Wildman–Crippen MR) is 104 cm³/mol. The van der Waals surface area contributed by atoms with Crippen LogP contribution in [0, 0.1) is 6.92 Å². The molecular weight excluding hydrogens is 366 g/mol. The maximum Gasteiger partial charge on any atom is 0.251 e. The molecule has 27 heavy (non-hydrogen) atoms. The van der Waals surface area contributed by atoms with Gasteiger partial charge in [0.1, 0.15) is 0 Å². The Kier molecular flexibility index (Phi) is 7.00. The van der Waals surface area contributed by atoms with Gasteiger partial charge in [-0.2, -0.15) is 4.31 Å². The molecule has 1 N–H and O–H groups in total. The Bertz CT molecular complexity index is 805. The average molecular weight is 396 g/mol. The average Bonchev–Trinajstić information content (AvgIpc) is 2.61. The number of piperidine rings is 1. The van der Waals surface area contributed by atoms with Gasteiger partial charge >= 0.3 is 0 Å². The molecule has 150 valence electrons. The topological polar surface area (TPSA) is 86.8 Å². The van der Waals surface area contributed by atoms with Gasteiger partial charge in [0, 0.05) is 45.2 Å². The summed E-state index contributed by atoms with van der Waals surface area (Å²) in [6.07, 6.45) is 2.92. The molecule has 1 aromatic carbocycles. The highest BCUT2D eigenvalue weighted by Crippen LogP contribution is 2.26. The van der Waals surface area contributed by atoms with Crippen LogP contribution in [0.15, 0.2) is 23.1 Å². The van der Waals surface area contributed by atoms with Gasteiger partial charge in [-0.25, -0.2) is 8.42 Å². The van der Waals surface area contributed by atoms with Crippen LogP contribution in [-0.4, -0.2) is 62.7 Å². The Morgan fingerprint density at radius 1 is 1.26 bits per heavy atom. The van der Waals surface area contributed by atoms with Gasteiger partial charge in [0.2, 0.25) is 15.9 Å². The first-order valence-electron chi connectivity index (χ1n) is 9.25. The minimum atomic E-state index is -3.64. The molecule has 0 saturated carbocycles. The van der Waals surface area contributed by atoms with E-state index in [1.807, 2.05) is 6.92 Å². The number of carbonyl (C=O) groups excluding carboxylic acids is 2. The molecule has 0 radical (unpaired) electrons. The quantitative estimate of drug-likeness (QED) is 0.795. The highest BCUT2D eigenvalue weighted by atomic mass is 32.2. The summed E-state index contributed by atoms with van der Waals surface area (Å²) in [5.41, 5.74) is 1.01. The summed E-state index contributed by atoms with van der Waals surface area (Å²) in [6.45, 7) is 4.39. The molecule has 1 saturated heterocycles. The normalized spacial score (nSPS) is 18.1. The Labute approximate surface area is 161 Å². The van der Waals surface area contributed by atoms with Crippen molar-refractivity contribution in [1.82, 2.24) is 14.5 Å². The summed E-state index contributed by atoms with van der Waals surface area (Å²) in [5, 5.41) is 2.70. The molecule has 1 heterocycles. The maximum atomic E-state index is 13.0. The van der Waals surface area contributed by atoms with Gasteiger partial charge in [-0.15, -0.1) is 0 Å². The second kappa shape index (κ2) is 8.84.